The largest absolute Gasteiger partial charge is 0.497 e. The Kier molecular flexibility index (Phi) is 6.16. The quantitative estimate of drug-likeness (QED) is 0.816. The number of hydrogen-bond donors (Lipinski definition) is 1. The topological polar surface area (TPSA) is 68.0 Å². The molecule has 1 fully saturated rings. The molecule has 1 aliphatic rings. The van der Waals surface area contributed by atoms with Crippen LogP contribution >= 0.6 is 0 Å². The summed E-state index contributed by atoms with van der Waals surface area (Å²) in [4.78, 5) is 7.16. The summed E-state index contributed by atoms with van der Waals surface area (Å²) < 4.78 is 16.7. The van der Waals surface area contributed by atoms with Crippen molar-refractivity contribution in [2.24, 2.45) is 0 Å². The van der Waals surface area contributed by atoms with E-state index in [0.29, 0.717) is 17.7 Å². The van der Waals surface area contributed by atoms with Crippen molar-refractivity contribution >= 4 is 0 Å². The van der Waals surface area contributed by atoms with E-state index in [2.05, 4.69) is 4.90 Å². The summed E-state index contributed by atoms with van der Waals surface area (Å²) in [6.07, 6.45) is 4.37. The van der Waals surface area contributed by atoms with Crippen molar-refractivity contribution in [1.29, 1.82) is 0 Å². The highest BCUT2D eigenvalue weighted by molar-refractivity contribution is 5.65. The summed E-state index contributed by atoms with van der Waals surface area (Å²) in [7, 11) is 3.26. The molecule has 0 amide bonds. The highest BCUT2D eigenvalue weighted by Crippen LogP contribution is 2.34. The van der Waals surface area contributed by atoms with Crippen LogP contribution in [0.4, 0.5) is 0 Å². The van der Waals surface area contributed by atoms with E-state index in [0.717, 1.165) is 48.7 Å². The van der Waals surface area contributed by atoms with Crippen molar-refractivity contribution in [1.82, 2.24) is 9.88 Å². The molecule has 1 saturated heterocycles. The zero-order valence-corrected chi connectivity index (χ0v) is 15.8. The Morgan fingerprint density at radius 3 is 2.85 bits per heavy atom. The molecule has 3 rings (SSSR count). The standard InChI is InChI=1S/C20H28N2O4/c1-14-18(13-22-10-5-4-6-15(22)9-11-23)21-20(26-14)17-8-7-16(24-2)12-19(17)25-3/h7-8,12,15,23H,4-6,9-11,13H2,1-3H3. The molecule has 0 spiro atoms. The number of oxazole rings is 1. The molecule has 1 N–H and O–H groups in total. The SMILES string of the molecule is COc1ccc(-c2nc(CN3CCCCC3CCO)c(C)o2)c(OC)c1. The Morgan fingerprint density at radius 2 is 2.12 bits per heavy atom. The number of aromatic nitrogens is 1. The minimum atomic E-state index is 0.229. The van der Waals surface area contributed by atoms with Gasteiger partial charge in [0, 0.05) is 25.3 Å². The molecule has 0 aliphatic carbocycles. The Bertz CT molecular complexity index is 727. The predicted molar refractivity (Wildman–Crippen MR) is 99.5 cm³/mol. The molecule has 1 aromatic heterocycles. The van der Waals surface area contributed by atoms with Crippen molar-refractivity contribution in [3.63, 3.8) is 0 Å². The number of aliphatic hydroxyl groups excluding tert-OH is 1. The van der Waals surface area contributed by atoms with Gasteiger partial charge in [0.25, 0.3) is 0 Å². The van der Waals surface area contributed by atoms with Crippen LogP contribution in [0.5, 0.6) is 11.5 Å². The lowest BCUT2D eigenvalue weighted by Crippen LogP contribution is -2.39. The van der Waals surface area contributed by atoms with E-state index in [-0.39, 0.29) is 6.61 Å². The van der Waals surface area contributed by atoms with Gasteiger partial charge in [0.05, 0.1) is 25.5 Å². The van der Waals surface area contributed by atoms with Gasteiger partial charge in [-0.05, 0) is 44.9 Å². The third kappa shape index (κ3) is 4.02. The van der Waals surface area contributed by atoms with Gasteiger partial charge in [0.1, 0.15) is 17.3 Å². The summed E-state index contributed by atoms with van der Waals surface area (Å²) >= 11 is 0. The normalized spacial score (nSPS) is 18.1. The number of likely N-dealkylation sites (tertiary alicyclic amines) is 1. The van der Waals surface area contributed by atoms with Gasteiger partial charge >= 0.3 is 0 Å². The van der Waals surface area contributed by atoms with Crippen LogP contribution in [0.2, 0.25) is 0 Å². The third-order valence-electron chi connectivity index (χ3n) is 5.10. The first-order valence-corrected chi connectivity index (χ1v) is 9.20. The van der Waals surface area contributed by atoms with Crippen LogP contribution in [0.3, 0.4) is 0 Å². The Hall–Kier alpha value is -2.05. The van der Waals surface area contributed by atoms with Gasteiger partial charge < -0.3 is 19.0 Å². The Balaban J connectivity index is 1.83. The van der Waals surface area contributed by atoms with Crippen molar-refractivity contribution in [2.75, 3.05) is 27.4 Å². The molecular formula is C20H28N2O4. The van der Waals surface area contributed by atoms with Crippen LogP contribution in [-0.4, -0.2) is 48.4 Å². The maximum absolute atomic E-state index is 9.33. The average molecular weight is 360 g/mol. The van der Waals surface area contributed by atoms with Crippen molar-refractivity contribution < 1.29 is 19.0 Å². The number of aliphatic hydroxyl groups is 1. The first kappa shape index (κ1) is 18.7. The lowest BCUT2D eigenvalue weighted by molar-refractivity contribution is 0.111. The maximum Gasteiger partial charge on any atom is 0.230 e. The highest BCUT2D eigenvalue weighted by atomic mass is 16.5. The zero-order chi connectivity index (χ0) is 18.5. The molecule has 0 radical (unpaired) electrons. The van der Waals surface area contributed by atoms with Crippen LogP contribution in [-0.2, 0) is 6.54 Å². The zero-order valence-electron chi connectivity index (χ0n) is 15.8. The Morgan fingerprint density at radius 1 is 1.27 bits per heavy atom. The van der Waals surface area contributed by atoms with E-state index in [4.69, 9.17) is 18.9 Å². The van der Waals surface area contributed by atoms with Crippen LogP contribution in [0.25, 0.3) is 11.5 Å². The Labute approximate surface area is 154 Å². The van der Waals surface area contributed by atoms with Gasteiger partial charge in [0.2, 0.25) is 5.89 Å². The van der Waals surface area contributed by atoms with Crippen molar-refractivity contribution in [3.8, 4) is 23.0 Å². The first-order valence-electron chi connectivity index (χ1n) is 9.20. The van der Waals surface area contributed by atoms with Crippen LogP contribution < -0.4 is 9.47 Å². The number of benzene rings is 1. The molecule has 0 saturated carbocycles. The van der Waals surface area contributed by atoms with E-state index in [1.807, 2.05) is 25.1 Å². The van der Waals surface area contributed by atoms with E-state index in [1.165, 1.54) is 12.8 Å². The van der Waals surface area contributed by atoms with E-state index in [9.17, 15) is 5.11 Å². The second-order valence-electron chi connectivity index (χ2n) is 6.72. The van der Waals surface area contributed by atoms with Gasteiger partial charge in [-0.25, -0.2) is 4.98 Å². The summed E-state index contributed by atoms with van der Waals surface area (Å²) in [6.45, 7) is 3.97. The molecule has 26 heavy (non-hydrogen) atoms. The maximum atomic E-state index is 9.33. The van der Waals surface area contributed by atoms with Gasteiger partial charge in [-0.2, -0.15) is 0 Å². The summed E-state index contributed by atoms with van der Waals surface area (Å²) in [6, 6.07) is 6.03. The van der Waals surface area contributed by atoms with Crippen LogP contribution in [0.15, 0.2) is 22.6 Å². The fourth-order valence-electron chi connectivity index (χ4n) is 3.60. The third-order valence-corrected chi connectivity index (χ3v) is 5.10. The van der Waals surface area contributed by atoms with E-state index in [1.54, 1.807) is 14.2 Å². The molecule has 1 unspecified atom stereocenters. The number of aryl methyl sites for hydroxylation is 1. The highest BCUT2D eigenvalue weighted by Gasteiger charge is 2.24. The molecular weight excluding hydrogens is 332 g/mol. The number of rotatable bonds is 7. The minimum Gasteiger partial charge on any atom is -0.497 e. The molecule has 6 heteroatoms. The van der Waals surface area contributed by atoms with Crippen LogP contribution in [0.1, 0.15) is 37.1 Å². The average Bonchev–Trinajstić information content (AvgIpc) is 3.03. The second-order valence-corrected chi connectivity index (χ2v) is 6.72. The molecule has 2 aromatic rings. The molecule has 142 valence electrons. The van der Waals surface area contributed by atoms with Crippen molar-refractivity contribution in [2.45, 2.75) is 45.2 Å². The fourth-order valence-corrected chi connectivity index (χ4v) is 3.60. The lowest BCUT2D eigenvalue weighted by atomic mass is 9.99. The fraction of sp³-hybridized carbons (Fsp3) is 0.550. The molecule has 6 nitrogen and oxygen atoms in total. The molecule has 1 aliphatic heterocycles. The van der Waals surface area contributed by atoms with Gasteiger partial charge in [0.15, 0.2) is 0 Å². The molecule has 1 aromatic carbocycles. The number of ether oxygens (including phenoxy) is 2. The summed E-state index contributed by atoms with van der Waals surface area (Å²) in [5.41, 5.74) is 1.76. The summed E-state index contributed by atoms with van der Waals surface area (Å²) in [5.74, 6) is 2.79. The number of hydrogen-bond acceptors (Lipinski definition) is 6. The monoisotopic (exact) mass is 360 g/mol. The number of piperidine rings is 1. The second kappa shape index (κ2) is 8.56. The molecule has 2 heterocycles. The number of methoxy groups -OCH3 is 2. The van der Waals surface area contributed by atoms with Crippen LogP contribution in [0, 0.1) is 6.92 Å². The van der Waals surface area contributed by atoms with Gasteiger partial charge in [-0.1, -0.05) is 6.42 Å². The van der Waals surface area contributed by atoms with Gasteiger partial charge in [-0.15, -0.1) is 0 Å². The van der Waals surface area contributed by atoms with E-state index < -0.39 is 0 Å². The minimum absolute atomic E-state index is 0.229. The predicted octanol–water partition coefficient (Wildman–Crippen LogP) is 3.40. The van der Waals surface area contributed by atoms with Gasteiger partial charge in [-0.3, -0.25) is 4.90 Å². The lowest BCUT2D eigenvalue weighted by Gasteiger charge is -2.35. The molecule has 1 atom stereocenters. The van der Waals surface area contributed by atoms with Crippen molar-refractivity contribution in [3.05, 3.63) is 29.7 Å². The summed E-state index contributed by atoms with van der Waals surface area (Å²) in [5, 5.41) is 9.33. The smallest absolute Gasteiger partial charge is 0.230 e. The first-order chi connectivity index (χ1) is 12.7. The molecule has 0 bridgehead atoms. The number of nitrogens with zero attached hydrogens (tertiary/aromatic N) is 2. The van der Waals surface area contributed by atoms with E-state index >= 15 is 0 Å².